The molecule has 0 fully saturated rings. The number of aromatic nitrogens is 2. The van der Waals surface area contributed by atoms with Crippen LogP contribution in [0.3, 0.4) is 0 Å². The number of aryl methyl sites for hydroxylation is 1. The summed E-state index contributed by atoms with van der Waals surface area (Å²) in [5.74, 6) is 0.484. The molecule has 1 atom stereocenters. The van der Waals surface area contributed by atoms with Crippen LogP contribution in [0.25, 0.3) is 0 Å². The van der Waals surface area contributed by atoms with Crippen LogP contribution in [0.4, 0.5) is 5.69 Å². The summed E-state index contributed by atoms with van der Waals surface area (Å²) in [7, 11) is 0. The topological polar surface area (TPSA) is 72.0 Å². The maximum absolute atomic E-state index is 10.1. The molecule has 4 nitrogen and oxygen atoms in total. The number of anilines is 1. The average Bonchev–Trinajstić information content (AvgIpc) is 2.37. The fraction of sp³-hybridized carbons (Fsp3) is 0.231. The first-order valence-corrected chi connectivity index (χ1v) is 6.60. The van der Waals surface area contributed by atoms with Crippen molar-refractivity contribution in [3.63, 3.8) is 0 Å². The van der Waals surface area contributed by atoms with Gasteiger partial charge in [-0.3, -0.25) is 0 Å². The lowest BCUT2D eigenvalue weighted by atomic mass is 10.1. The van der Waals surface area contributed by atoms with Crippen molar-refractivity contribution < 1.29 is 5.11 Å². The third kappa shape index (κ3) is 3.21. The second-order valence-electron chi connectivity index (χ2n) is 3.94. The Morgan fingerprint density at radius 2 is 2.11 bits per heavy atom. The number of nitrogen functional groups attached to an aromatic ring is 1. The summed E-state index contributed by atoms with van der Waals surface area (Å²) in [4.78, 5) is 8.41. The Bertz CT molecular complexity index is 533. The van der Waals surface area contributed by atoms with Gasteiger partial charge in [-0.05, 0) is 19.1 Å². The van der Waals surface area contributed by atoms with Gasteiger partial charge in [0, 0.05) is 28.9 Å². The van der Waals surface area contributed by atoms with Crippen LogP contribution in [0.15, 0.2) is 41.7 Å². The number of nitrogens with two attached hydrogens (primary N) is 1. The molecule has 0 radical (unpaired) electrons. The Kier molecular flexibility index (Phi) is 4.17. The van der Waals surface area contributed by atoms with Crippen molar-refractivity contribution in [1.29, 1.82) is 0 Å². The first-order chi connectivity index (χ1) is 8.66. The highest BCUT2D eigenvalue weighted by Gasteiger charge is 2.11. The van der Waals surface area contributed by atoms with E-state index in [1.165, 1.54) is 11.8 Å². The Morgan fingerprint density at radius 3 is 2.83 bits per heavy atom. The smallest absolute Gasteiger partial charge is 0.187 e. The zero-order valence-corrected chi connectivity index (χ0v) is 10.9. The maximum atomic E-state index is 10.1. The van der Waals surface area contributed by atoms with E-state index < -0.39 is 6.10 Å². The fourth-order valence-corrected chi connectivity index (χ4v) is 2.38. The molecule has 5 heteroatoms. The summed E-state index contributed by atoms with van der Waals surface area (Å²) in [6.45, 7) is 1.91. The van der Waals surface area contributed by atoms with Gasteiger partial charge < -0.3 is 10.8 Å². The molecule has 1 aromatic carbocycles. The lowest BCUT2D eigenvalue weighted by Crippen LogP contribution is -2.05. The van der Waals surface area contributed by atoms with E-state index in [-0.39, 0.29) is 0 Å². The Balaban J connectivity index is 2.00. The number of rotatable bonds is 4. The monoisotopic (exact) mass is 261 g/mol. The van der Waals surface area contributed by atoms with Gasteiger partial charge in [-0.1, -0.05) is 30.0 Å². The van der Waals surface area contributed by atoms with E-state index in [2.05, 4.69) is 9.97 Å². The van der Waals surface area contributed by atoms with Crippen LogP contribution < -0.4 is 5.73 Å². The van der Waals surface area contributed by atoms with E-state index in [4.69, 9.17) is 5.73 Å². The molecule has 1 heterocycles. The van der Waals surface area contributed by atoms with E-state index in [1.54, 1.807) is 12.3 Å². The molecular weight excluding hydrogens is 246 g/mol. The van der Waals surface area contributed by atoms with Gasteiger partial charge in [0.1, 0.15) is 0 Å². The molecule has 18 heavy (non-hydrogen) atoms. The van der Waals surface area contributed by atoms with Gasteiger partial charge in [0.2, 0.25) is 0 Å². The second kappa shape index (κ2) is 5.84. The molecule has 1 unspecified atom stereocenters. The van der Waals surface area contributed by atoms with Crippen molar-refractivity contribution >= 4 is 17.4 Å². The van der Waals surface area contributed by atoms with Crippen molar-refractivity contribution in [3.05, 3.63) is 47.8 Å². The van der Waals surface area contributed by atoms with Crippen LogP contribution in [-0.4, -0.2) is 20.8 Å². The first-order valence-electron chi connectivity index (χ1n) is 5.61. The van der Waals surface area contributed by atoms with Crippen LogP contribution in [0.2, 0.25) is 0 Å². The third-order valence-electron chi connectivity index (χ3n) is 2.50. The zero-order valence-electron chi connectivity index (χ0n) is 10.1. The maximum Gasteiger partial charge on any atom is 0.187 e. The Labute approximate surface area is 110 Å². The molecule has 0 saturated heterocycles. The van der Waals surface area contributed by atoms with E-state index in [9.17, 15) is 5.11 Å². The first kappa shape index (κ1) is 12.9. The van der Waals surface area contributed by atoms with Gasteiger partial charge in [0.15, 0.2) is 5.16 Å². The number of aliphatic hydroxyl groups excluding tert-OH is 1. The minimum atomic E-state index is -0.611. The molecule has 2 rings (SSSR count). The van der Waals surface area contributed by atoms with Crippen molar-refractivity contribution in [2.24, 2.45) is 0 Å². The van der Waals surface area contributed by atoms with Gasteiger partial charge in [-0.15, -0.1) is 0 Å². The summed E-state index contributed by atoms with van der Waals surface area (Å²) >= 11 is 1.42. The van der Waals surface area contributed by atoms with Gasteiger partial charge in [-0.25, -0.2) is 9.97 Å². The van der Waals surface area contributed by atoms with Crippen LogP contribution in [0.5, 0.6) is 0 Å². The molecule has 2 aromatic rings. The Hall–Kier alpha value is -1.59. The molecule has 0 aliphatic carbocycles. The van der Waals surface area contributed by atoms with E-state index in [1.807, 2.05) is 31.2 Å². The highest BCUT2D eigenvalue weighted by molar-refractivity contribution is 7.99. The summed E-state index contributed by atoms with van der Waals surface area (Å²) in [5, 5.41) is 10.7. The van der Waals surface area contributed by atoms with Crippen molar-refractivity contribution in [1.82, 2.24) is 9.97 Å². The van der Waals surface area contributed by atoms with Gasteiger partial charge in [0.05, 0.1) is 6.10 Å². The molecule has 0 spiro atoms. The largest absolute Gasteiger partial charge is 0.398 e. The van der Waals surface area contributed by atoms with Gasteiger partial charge in [-0.2, -0.15) is 0 Å². The SMILES string of the molecule is Cc1ccnc(SCC(O)c2ccccc2N)n1. The minimum Gasteiger partial charge on any atom is -0.398 e. The molecule has 0 saturated carbocycles. The van der Waals surface area contributed by atoms with Crippen LogP contribution in [0.1, 0.15) is 17.4 Å². The molecule has 0 amide bonds. The lowest BCUT2D eigenvalue weighted by Gasteiger charge is -2.12. The minimum absolute atomic E-state index is 0.484. The summed E-state index contributed by atoms with van der Waals surface area (Å²) in [6.07, 6.45) is 1.11. The molecule has 0 bridgehead atoms. The molecule has 0 aliphatic heterocycles. The molecule has 94 valence electrons. The quantitative estimate of drug-likeness (QED) is 0.501. The van der Waals surface area contributed by atoms with Crippen LogP contribution in [0, 0.1) is 6.92 Å². The summed E-state index contributed by atoms with van der Waals surface area (Å²) in [6, 6.07) is 9.17. The zero-order chi connectivity index (χ0) is 13.0. The number of para-hydroxylation sites is 1. The number of benzene rings is 1. The molecular formula is C13H15N3OS. The standard InChI is InChI=1S/C13H15N3OS/c1-9-6-7-15-13(16-9)18-8-12(17)10-4-2-3-5-11(10)14/h2-7,12,17H,8,14H2,1H3. The number of nitrogens with zero attached hydrogens (tertiary/aromatic N) is 2. The van der Waals surface area contributed by atoms with Crippen LogP contribution in [-0.2, 0) is 0 Å². The normalized spacial score (nSPS) is 12.3. The third-order valence-corrected chi connectivity index (χ3v) is 3.44. The number of hydrogen-bond donors (Lipinski definition) is 2. The predicted octanol–water partition coefficient (Wildman–Crippen LogP) is 2.19. The average molecular weight is 261 g/mol. The molecule has 3 N–H and O–H groups in total. The lowest BCUT2D eigenvalue weighted by molar-refractivity contribution is 0.205. The van der Waals surface area contributed by atoms with E-state index in [0.29, 0.717) is 16.6 Å². The number of thioether (sulfide) groups is 1. The van der Waals surface area contributed by atoms with E-state index >= 15 is 0 Å². The molecule has 0 aliphatic rings. The predicted molar refractivity (Wildman–Crippen MR) is 73.3 cm³/mol. The van der Waals surface area contributed by atoms with Crippen molar-refractivity contribution in [2.75, 3.05) is 11.5 Å². The highest BCUT2D eigenvalue weighted by Crippen LogP contribution is 2.25. The highest BCUT2D eigenvalue weighted by atomic mass is 32.2. The molecule has 1 aromatic heterocycles. The van der Waals surface area contributed by atoms with Crippen molar-refractivity contribution in [3.8, 4) is 0 Å². The van der Waals surface area contributed by atoms with Crippen LogP contribution >= 0.6 is 11.8 Å². The summed E-state index contributed by atoms with van der Waals surface area (Å²) in [5.41, 5.74) is 8.09. The summed E-state index contributed by atoms with van der Waals surface area (Å²) < 4.78 is 0. The van der Waals surface area contributed by atoms with Crippen molar-refractivity contribution in [2.45, 2.75) is 18.2 Å². The van der Waals surface area contributed by atoms with E-state index in [0.717, 1.165) is 11.3 Å². The second-order valence-corrected chi connectivity index (χ2v) is 4.92. The number of hydrogen-bond acceptors (Lipinski definition) is 5. The van der Waals surface area contributed by atoms with Gasteiger partial charge in [0.25, 0.3) is 0 Å². The Morgan fingerprint density at radius 1 is 1.33 bits per heavy atom. The van der Waals surface area contributed by atoms with Gasteiger partial charge >= 0.3 is 0 Å². The number of aliphatic hydroxyl groups is 1. The fourth-order valence-electron chi connectivity index (χ4n) is 1.55.